The molecule has 1 heterocycles. The highest BCUT2D eigenvalue weighted by Crippen LogP contribution is 2.41. The Hall–Kier alpha value is -3.75. The van der Waals surface area contributed by atoms with Crippen molar-refractivity contribution < 1.29 is 26.7 Å². The first-order valence-corrected chi connectivity index (χ1v) is 11.5. The predicted octanol–water partition coefficient (Wildman–Crippen LogP) is 8.88. The fourth-order valence-corrected chi connectivity index (χ4v) is 4.44. The topological polar surface area (TPSA) is 61.3 Å². The summed E-state index contributed by atoms with van der Waals surface area (Å²) in [6.45, 7) is 0. The molecule has 5 aromatic rings. The quantitative estimate of drug-likeness (QED) is 0.180. The average Bonchev–Trinajstić information content (AvgIpc) is 3.30. The summed E-state index contributed by atoms with van der Waals surface area (Å²) in [6, 6.07) is 15.9. The molecule has 0 aliphatic heterocycles. The van der Waals surface area contributed by atoms with Crippen LogP contribution in [0.5, 0.6) is 5.75 Å². The van der Waals surface area contributed by atoms with Gasteiger partial charge in [-0.25, -0.2) is 9.37 Å². The zero-order valence-electron chi connectivity index (χ0n) is 19.0. The maximum atomic E-state index is 15.1. The van der Waals surface area contributed by atoms with E-state index in [9.17, 15) is 13.2 Å². The SMILES string of the molecule is COc1cc(F)c(-c2cc(Cl)c(N)c(Cl)c2)cc1-c1cccc(-c2nc3cc(C(F)(F)F)ccc3o2)c1. The smallest absolute Gasteiger partial charge is 0.416 e. The molecule has 0 saturated carbocycles. The van der Waals surface area contributed by atoms with Crippen molar-refractivity contribution in [2.45, 2.75) is 6.18 Å². The van der Waals surface area contributed by atoms with Gasteiger partial charge in [0.2, 0.25) is 5.89 Å². The van der Waals surface area contributed by atoms with Crippen LogP contribution in [-0.4, -0.2) is 12.1 Å². The first-order chi connectivity index (χ1) is 17.5. The number of nitrogen functional groups attached to an aromatic ring is 1. The number of hydrogen-bond donors (Lipinski definition) is 1. The zero-order valence-corrected chi connectivity index (χ0v) is 20.5. The third-order valence-corrected chi connectivity index (χ3v) is 6.44. The molecular formula is C27H16Cl2F4N2O2. The van der Waals surface area contributed by atoms with E-state index in [2.05, 4.69) is 4.98 Å². The molecule has 0 saturated heterocycles. The van der Waals surface area contributed by atoms with E-state index in [0.717, 1.165) is 12.1 Å². The van der Waals surface area contributed by atoms with E-state index in [0.29, 0.717) is 22.3 Å². The highest BCUT2D eigenvalue weighted by Gasteiger charge is 2.31. The minimum absolute atomic E-state index is 0.0778. The average molecular weight is 547 g/mol. The van der Waals surface area contributed by atoms with Gasteiger partial charge in [-0.15, -0.1) is 0 Å². The molecule has 0 spiro atoms. The molecule has 2 N–H and O–H groups in total. The summed E-state index contributed by atoms with van der Waals surface area (Å²) in [7, 11) is 1.41. The maximum absolute atomic E-state index is 15.1. The second-order valence-electron chi connectivity index (χ2n) is 8.17. The Morgan fingerprint density at radius 1 is 0.865 bits per heavy atom. The van der Waals surface area contributed by atoms with E-state index >= 15 is 4.39 Å². The van der Waals surface area contributed by atoms with Crippen molar-refractivity contribution in [2.75, 3.05) is 12.8 Å². The molecule has 0 fully saturated rings. The van der Waals surface area contributed by atoms with Crippen LogP contribution in [0.4, 0.5) is 23.2 Å². The number of alkyl halides is 3. The van der Waals surface area contributed by atoms with Gasteiger partial charge in [-0.05, 0) is 59.7 Å². The van der Waals surface area contributed by atoms with Gasteiger partial charge in [-0.2, -0.15) is 13.2 Å². The third kappa shape index (κ3) is 4.70. The largest absolute Gasteiger partial charge is 0.496 e. The van der Waals surface area contributed by atoms with E-state index in [1.54, 1.807) is 30.3 Å². The number of anilines is 1. The zero-order chi connectivity index (χ0) is 26.5. The van der Waals surface area contributed by atoms with Crippen molar-refractivity contribution in [1.29, 1.82) is 0 Å². The van der Waals surface area contributed by atoms with Gasteiger partial charge in [0, 0.05) is 22.8 Å². The van der Waals surface area contributed by atoms with Gasteiger partial charge in [-0.1, -0.05) is 35.3 Å². The lowest BCUT2D eigenvalue weighted by Gasteiger charge is -2.14. The molecule has 188 valence electrons. The molecule has 4 aromatic carbocycles. The fourth-order valence-electron chi connectivity index (χ4n) is 3.96. The van der Waals surface area contributed by atoms with Crippen LogP contribution in [0.25, 0.3) is 44.8 Å². The van der Waals surface area contributed by atoms with Crippen molar-refractivity contribution in [3.63, 3.8) is 0 Å². The van der Waals surface area contributed by atoms with Gasteiger partial charge in [0.05, 0.1) is 28.4 Å². The molecule has 4 nitrogen and oxygen atoms in total. The van der Waals surface area contributed by atoms with E-state index < -0.39 is 17.6 Å². The highest BCUT2D eigenvalue weighted by molar-refractivity contribution is 6.39. The van der Waals surface area contributed by atoms with Crippen LogP contribution >= 0.6 is 23.2 Å². The fraction of sp³-hybridized carbons (Fsp3) is 0.0741. The normalized spacial score (nSPS) is 11.8. The summed E-state index contributed by atoms with van der Waals surface area (Å²) in [5.41, 5.74) is 7.79. The lowest BCUT2D eigenvalue weighted by Crippen LogP contribution is -2.03. The predicted molar refractivity (Wildman–Crippen MR) is 136 cm³/mol. The van der Waals surface area contributed by atoms with Crippen molar-refractivity contribution in [3.8, 4) is 39.5 Å². The van der Waals surface area contributed by atoms with Crippen molar-refractivity contribution in [1.82, 2.24) is 4.98 Å². The van der Waals surface area contributed by atoms with E-state index in [1.807, 2.05) is 0 Å². The summed E-state index contributed by atoms with van der Waals surface area (Å²) >= 11 is 12.3. The number of aromatic nitrogens is 1. The van der Waals surface area contributed by atoms with Crippen LogP contribution in [0, 0.1) is 5.82 Å². The van der Waals surface area contributed by atoms with Crippen molar-refractivity contribution in [2.24, 2.45) is 0 Å². The Morgan fingerprint density at radius 3 is 2.24 bits per heavy atom. The van der Waals surface area contributed by atoms with E-state index in [-0.39, 0.29) is 44.0 Å². The molecule has 0 aliphatic rings. The Kier molecular flexibility index (Phi) is 6.25. The number of benzene rings is 4. The van der Waals surface area contributed by atoms with Crippen LogP contribution < -0.4 is 10.5 Å². The van der Waals surface area contributed by atoms with Gasteiger partial charge >= 0.3 is 6.18 Å². The minimum Gasteiger partial charge on any atom is -0.496 e. The molecule has 0 unspecified atom stereocenters. The maximum Gasteiger partial charge on any atom is 0.416 e. The van der Waals surface area contributed by atoms with Gasteiger partial charge in [0.25, 0.3) is 0 Å². The van der Waals surface area contributed by atoms with Crippen LogP contribution in [0.3, 0.4) is 0 Å². The standard InChI is InChI=1S/C27H16Cl2F4N2O2/c1-36-24-12-21(30)17(15-8-19(28)25(34)20(29)9-15)11-18(24)13-3-2-4-14(7-13)26-35-22-10-16(27(31,32)33)5-6-23(22)37-26/h2-12H,34H2,1H3. The first kappa shape index (κ1) is 24.9. The molecule has 37 heavy (non-hydrogen) atoms. The number of oxazole rings is 1. The molecule has 0 aliphatic carbocycles. The van der Waals surface area contributed by atoms with E-state index in [4.69, 9.17) is 38.1 Å². The second-order valence-corrected chi connectivity index (χ2v) is 8.98. The Morgan fingerprint density at radius 2 is 1.57 bits per heavy atom. The molecule has 5 rings (SSSR count). The van der Waals surface area contributed by atoms with Crippen molar-refractivity contribution in [3.05, 3.63) is 88.2 Å². The highest BCUT2D eigenvalue weighted by atomic mass is 35.5. The summed E-state index contributed by atoms with van der Waals surface area (Å²) in [5.74, 6) is -0.166. The summed E-state index contributed by atoms with van der Waals surface area (Å²) in [4.78, 5) is 4.24. The van der Waals surface area contributed by atoms with Crippen LogP contribution in [0.15, 0.2) is 71.1 Å². The molecule has 10 heteroatoms. The van der Waals surface area contributed by atoms with Crippen LogP contribution in [0.2, 0.25) is 10.0 Å². The number of fused-ring (bicyclic) bond motifs is 1. The Balaban J connectivity index is 1.61. The molecule has 0 amide bonds. The van der Waals surface area contributed by atoms with Gasteiger partial charge in [-0.3, -0.25) is 0 Å². The number of ether oxygens (including phenoxy) is 1. The van der Waals surface area contributed by atoms with Crippen LogP contribution in [-0.2, 0) is 6.18 Å². The number of nitrogens with two attached hydrogens (primary N) is 1. The molecule has 0 atom stereocenters. The molecular weight excluding hydrogens is 531 g/mol. The van der Waals surface area contributed by atoms with Gasteiger partial charge in [0.15, 0.2) is 5.58 Å². The van der Waals surface area contributed by atoms with E-state index in [1.165, 1.54) is 31.4 Å². The number of methoxy groups -OCH3 is 1. The minimum atomic E-state index is -4.50. The molecule has 1 aromatic heterocycles. The molecule has 0 bridgehead atoms. The first-order valence-electron chi connectivity index (χ1n) is 10.8. The summed E-state index contributed by atoms with van der Waals surface area (Å²) < 4.78 is 65.4. The number of halogens is 6. The lowest BCUT2D eigenvalue weighted by molar-refractivity contribution is -0.137. The Bertz CT molecular complexity index is 1640. The summed E-state index contributed by atoms with van der Waals surface area (Å²) in [5, 5.41) is 0.372. The van der Waals surface area contributed by atoms with Crippen molar-refractivity contribution >= 4 is 40.0 Å². The number of rotatable bonds is 4. The van der Waals surface area contributed by atoms with Gasteiger partial charge < -0.3 is 14.9 Å². The third-order valence-electron chi connectivity index (χ3n) is 5.81. The van der Waals surface area contributed by atoms with Crippen LogP contribution in [0.1, 0.15) is 5.56 Å². The number of nitrogens with zero attached hydrogens (tertiary/aromatic N) is 1. The summed E-state index contributed by atoms with van der Waals surface area (Å²) in [6.07, 6.45) is -4.50. The second kappa shape index (κ2) is 9.28. The lowest BCUT2D eigenvalue weighted by atomic mass is 9.96. The number of hydrogen-bond acceptors (Lipinski definition) is 4. The van der Waals surface area contributed by atoms with Gasteiger partial charge in [0.1, 0.15) is 17.1 Å². The monoisotopic (exact) mass is 546 g/mol. The molecule has 0 radical (unpaired) electrons. The Labute approximate surface area is 218 Å².